The van der Waals surface area contributed by atoms with E-state index in [-0.39, 0.29) is 17.7 Å². The van der Waals surface area contributed by atoms with Crippen molar-refractivity contribution in [2.45, 2.75) is 6.61 Å². The Morgan fingerprint density at radius 3 is 2.17 bits per heavy atom. The Hall–Kier alpha value is -2.90. The minimum atomic E-state index is -1.64. The molecular formula is C16H8F5NO2. The van der Waals surface area contributed by atoms with Crippen molar-refractivity contribution in [2.24, 2.45) is 0 Å². The smallest absolute Gasteiger partial charge is 0.226 e. The molecule has 3 rings (SSSR count). The van der Waals surface area contributed by atoms with Crippen LogP contribution in [0.5, 0.6) is 5.75 Å². The van der Waals surface area contributed by atoms with Gasteiger partial charge in [-0.25, -0.2) is 18.2 Å². The lowest BCUT2D eigenvalue weighted by molar-refractivity contribution is 0.258. The van der Waals surface area contributed by atoms with Gasteiger partial charge in [-0.05, 0) is 24.3 Å². The van der Waals surface area contributed by atoms with Crippen LogP contribution in [0.15, 0.2) is 41.0 Å². The minimum Gasteiger partial charge on any atom is -0.481 e. The van der Waals surface area contributed by atoms with E-state index in [0.29, 0.717) is 5.56 Å². The van der Waals surface area contributed by atoms with Gasteiger partial charge in [0.2, 0.25) is 17.5 Å². The number of hydrogen-bond donors (Lipinski definition) is 0. The number of oxazole rings is 1. The van der Waals surface area contributed by atoms with E-state index in [1.807, 2.05) is 0 Å². The predicted molar refractivity (Wildman–Crippen MR) is 72.5 cm³/mol. The van der Waals surface area contributed by atoms with Gasteiger partial charge in [0, 0.05) is 11.6 Å². The monoisotopic (exact) mass is 341 g/mol. The van der Waals surface area contributed by atoms with Crippen molar-refractivity contribution in [1.29, 1.82) is 0 Å². The fourth-order valence-electron chi connectivity index (χ4n) is 1.92. The molecule has 0 amide bonds. The Bertz CT molecular complexity index is 851. The molecular weight excluding hydrogens is 333 g/mol. The van der Waals surface area contributed by atoms with Crippen LogP contribution < -0.4 is 4.74 Å². The standard InChI is InChI=1S/C16H8F5NO2/c17-9-3-1-8(2-4-9)16-22-10(7-24-16)6-23-15-13(20)11(18)5-12(19)14(15)21/h1-5,7H,6H2. The summed E-state index contributed by atoms with van der Waals surface area (Å²) in [5.41, 5.74) is 0.592. The molecule has 0 unspecified atom stereocenters. The molecule has 0 bridgehead atoms. The van der Waals surface area contributed by atoms with Crippen LogP contribution in [-0.2, 0) is 6.61 Å². The van der Waals surface area contributed by atoms with Crippen LogP contribution in [0, 0.1) is 29.1 Å². The Balaban J connectivity index is 1.78. The molecule has 0 atom stereocenters. The van der Waals surface area contributed by atoms with E-state index >= 15 is 0 Å². The maximum absolute atomic E-state index is 13.5. The summed E-state index contributed by atoms with van der Waals surface area (Å²) < 4.78 is 75.9. The van der Waals surface area contributed by atoms with Crippen LogP contribution in [-0.4, -0.2) is 4.98 Å². The second-order valence-electron chi connectivity index (χ2n) is 4.74. The zero-order valence-electron chi connectivity index (χ0n) is 11.8. The van der Waals surface area contributed by atoms with Gasteiger partial charge in [0.15, 0.2) is 17.4 Å². The Morgan fingerprint density at radius 1 is 0.917 bits per heavy atom. The lowest BCUT2D eigenvalue weighted by atomic mass is 10.2. The first-order valence-corrected chi connectivity index (χ1v) is 6.62. The highest BCUT2D eigenvalue weighted by Gasteiger charge is 2.21. The van der Waals surface area contributed by atoms with Crippen molar-refractivity contribution in [1.82, 2.24) is 4.98 Å². The van der Waals surface area contributed by atoms with Gasteiger partial charge in [0.05, 0.1) is 0 Å². The van der Waals surface area contributed by atoms with Gasteiger partial charge in [0.1, 0.15) is 24.4 Å². The second-order valence-corrected chi connectivity index (χ2v) is 4.74. The fraction of sp³-hybridized carbons (Fsp3) is 0.0625. The Morgan fingerprint density at radius 2 is 1.54 bits per heavy atom. The Kier molecular flexibility index (Phi) is 4.20. The molecule has 0 N–H and O–H groups in total. The predicted octanol–water partition coefficient (Wildman–Crippen LogP) is 4.62. The molecule has 0 spiro atoms. The van der Waals surface area contributed by atoms with E-state index in [0.717, 1.165) is 6.26 Å². The van der Waals surface area contributed by atoms with Crippen molar-refractivity contribution < 1.29 is 31.1 Å². The van der Waals surface area contributed by atoms with Gasteiger partial charge < -0.3 is 9.15 Å². The summed E-state index contributed by atoms with van der Waals surface area (Å²) in [6.07, 6.45) is 1.14. The summed E-state index contributed by atoms with van der Waals surface area (Å²) in [6, 6.07) is 5.34. The topological polar surface area (TPSA) is 35.3 Å². The average Bonchev–Trinajstić information content (AvgIpc) is 3.02. The summed E-state index contributed by atoms with van der Waals surface area (Å²) in [7, 11) is 0. The summed E-state index contributed by atoms with van der Waals surface area (Å²) in [4.78, 5) is 3.98. The van der Waals surface area contributed by atoms with Crippen molar-refractivity contribution >= 4 is 0 Å². The zero-order chi connectivity index (χ0) is 17.3. The molecule has 0 saturated carbocycles. The maximum Gasteiger partial charge on any atom is 0.226 e. The molecule has 0 radical (unpaired) electrons. The molecule has 0 aliphatic heterocycles. The highest BCUT2D eigenvalue weighted by Crippen LogP contribution is 2.27. The lowest BCUT2D eigenvalue weighted by Gasteiger charge is -2.07. The number of hydrogen-bond acceptors (Lipinski definition) is 3. The minimum absolute atomic E-state index is 0.0836. The number of nitrogens with zero attached hydrogens (tertiary/aromatic N) is 1. The van der Waals surface area contributed by atoms with E-state index in [1.54, 1.807) is 0 Å². The number of rotatable bonds is 4. The molecule has 1 aromatic heterocycles. The molecule has 8 heteroatoms. The van der Waals surface area contributed by atoms with E-state index in [9.17, 15) is 22.0 Å². The first-order chi connectivity index (χ1) is 11.5. The van der Waals surface area contributed by atoms with E-state index < -0.39 is 41.4 Å². The number of ether oxygens (including phenoxy) is 1. The van der Waals surface area contributed by atoms with Crippen LogP contribution in [0.2, 0.25) is 0 Å². The molecule has 124 valence electrons. The zero-order valence-corrected chi connectivity index (χ0v) is 11.8. The summed E-state index contributed by atoms with van der Waals surface area (Å²) in [6.45, 7) is -0.485. The molecule has 3 aromatic rings. The molecule has 0 saturated heterocycles. The van der Waals surface area contributed by atoms with Crippen molar-refractivity contribution in [3.05, 3.63) is 71.4 Å². The summed E-state index contributed by atoms with van der Waals surface area (Å²) in [5, 5.41) is 0. The van der Waals surface area contributed by atoms with Gasteiger partial charge in [0.25, 0.3) is 0 Å². The fourth-order valence-corrected chi connectivity index (χ4v) is 1.92. The van der Waals surface area contributed by atoms with Crippen molar-refractivity contribution in [2.75, 3.05) is 0 Å². The van der Waals surface area contributed by atoms with E-state index in [4.69, 9.17) is 9.15 Å². The highest BCUT2D eigenvalue weighted by atomic mass is 19.2. The maximum atomic E-state index is 13.5. The lowest BCUT2D eigenvalue weighted by Crippen LogP contribution is -2.04. The molecule has 0 aliphatic rings. The molecule has 1 heterocycles. The van der Waals surface area contributed by atoms with Crippen LogP contribution in [0.1, 0.15) is 5.69 Å². The summed E-state index contributed by atoms with van der Waals surface area (Å²) >= 11 is 0. The largest absolute Gasteiger partial charge is 0.481 e. The molecule has 0 fully saturated rings. The first kappa shape index (κ1) is 16.0. The number of halogens is 5. The average molecular weight is 341 g/mol. The molecule has 2 aromatic carbocycles. The number of aromatic nitrogens is 1. The first-order valence-electron chi connectivity index (χ1n) is 6.62. The third-order valence-corrected chi connectivity index (χ3v) is 3.08. The Labute approximate surface area is 132 Å². The summed E-state index contributed by atoms with van der Waals surface area (Å²) in [5.74, 6) is -7.92. The molecule has 3 nitrogen and oxygen atoms in total. The second kappa shape index (κ2) is 6.31. The van der Waals surface area contributed by atoms with Crippen LogP contribution in [0.3, 0.4) is 0 Å². The van der Waals surface area contributed by atoms with Crippen LogP contribution >= 0.6 is 0 Å². The third kappa shape index (κ3) is 3.08. The van der Waals surface area contributed by atoms with Gasteiger partial charge in [-0.2, -0.15) is 8.78 Å². The van der Waals surface area contributed by atoms with Gasteiger partial charge >= 0.3 is 0 Å². The van der Waals surface area contributed by atoms with Crippen LogP contribution in [0.25, 0.3) is 11.5 Å². The quantitative estimate of drug-likeness (QED) is 0.513. The van der Waals surface area contributed by atoms with E-state index in [2.05, 4.69) is 4.98 Å². The normalized spacial score (nSPS) is 10.9. The molecule has 24 heavy (non-hydrogen) atoms. The van der Waals surface area contributed by atoms with E-state index in [1.165, 1.54) is 24.3 Å². The van der Waals surface area contributed by atoms with Crippen molar-refractivity contribution in [3.8, 4) is 17.2 Å². The van der Waals surface area contributed by atoms with Gasteiger partial charge in [-0.1, -0.05) is 0 Å². The van der Waals surface area contributed by atoms with Crippen LogP contribution in [0.4, 0.5) is 22.0 Å². The highest BCUT2D eigenvalue weighted by molar-refractivity contribution is 5.52. The third-order valence-electron chi connectivity index (χ3n) is 3.08. The molecule has 0 aliphatic carbocycles. The van der Waals surface area contributed by atoms with Gasteiger partial charge in [-0.3, -0.25) is 0 Å². The SMILES string of the molecule is Fc1ccc(-c2nc(COc3c(F)c(F)cc(F)c3F)co2)cc1. The van der Waals surface area contributed by atoms with Crippen molar-refractivity contribution in [3.63, 3.8) is 0 Å². The van der Waals surface area contributed by atoms with Gasteiger partial charge in [-0.15, -0.1) is 0 Å². The number of benzene rings is 2.